The van der Waals surface area contributed by atoms with Crippen molar-refractivity contribution >= 4 is 44.8 Å². The smallest absolute Gasteiger partial charge is 0.259 e. The Bertz CT molecular complexity index is 1620. The number of aryl methyl sites for hydroxylation is 1. The summed E-state index contributed by atoms with van der Waals surface area (Å²) in [6.07, 6.45) is 3.73. The molecule has 2 N–H and O–H groups in total. The molecule has 2 aromatic heterocycles. The Kier molecular flexibility index (Phi) is 4.59. The normalized spacial score (nSPS) is 13.8. The molecule has 0 saturated heterocycles. The summed E-state index contributed by atoms with van der Waals surface area (Å²) in [4.78, 5) is 29.2. The molecule has 0 saturated carbocycles. The lowest BCUT2D eigenvalue weighted by atomic mass is 9.94. The van der Waals surface area contributed by atoms with Gasteiger partial charge < -0.3 is 14.3 Å². The largest absolute Gasteiger partial charge is 0.489 e. The Morgan fingerprint density at radius 3 is 2.47 bits per heavy atom. The summed E-state index contributed by atoms with van der Waals surface area (Å²) < 4.78 is 7.92. The summed E-state index contributed by atoms with van der Waals surface area (Å²) in [6.45, 7) is 0.465. The molecule has 0 radical (unpaired) electrons. The number of ether oxygens (including phenoxy) is 1. The number of imide groups is 1. The number of carbonyl (C=O) groups excluding carboxylic acids is 2. The van der Waals surface area contributed by atoms with E-state index < -0.39 is 5.91 Å². The fourth-order valence-electron chi connectivity index (χ4n) is 4.67. The lowest BCUT2D eigenvalue weighted by molar-refractivity contribution is -0.122. The fourth-order valence-corrected chi connectivity index (χ4v) is 4.67. The van der Waals surface area contributed by atoms with Crippen LogP contribution in [-0.4, -0.2) is 21.4 Å². The summed E-state index contributed by atoms with van der Waals surface area (Å²) in [5.74, 6) is -0.0538. The van der Waals surface area contributed by atoms with Gasteiger partial charge in [0.2, 0.25) is 0 Å². The van der Waals surface area contributed by atoms with Crippen molar-refractivity contribution in [2.45, 2.75) is 6.61 Å². The predicted molar refractivity (Wildman–Crippen MR) is 132 cm³/mol. The van der Waals surface area contributed by atoms with E-state index in [1.165, 1.54) is 0 Å². The maximum Gasteiger partial charge on any atom is 0.259 e. The van der Waals surface area contributed by atoms with E-state index in [0.717, 1.165) is 38.7 Å². The third kappa shape index (κ3) is 3.19. The number of fused-ring (bicyclic) bond motifs is 2. The Morgan fingerprint density at radius 1 is 0.853 bits per heavy atom. The monoisotopic (exact) mass is 447 g/mol. The molecule has 2 amide bonds. The van der Waals surface area contributed by atoms with Gasteiger partial charge in [-0.15, -0.1) is 0 Å². The highest BCUT2D eigenvalue weighted by Crippen LogP contribution is 2.38. The molecule has 34 heavy (non-hydrogen) atoms. The van der Waals surface area contributed by atoms with E-state index in [1.54, 1.807) is 6.20 Å². The number of aromatic amines is 1. The van der Waals surface area contributed by atoms with Gasteiger partial charge >= 0.3 is 0 Å². The second kappa shape index (κ2) is 7.78. The van der Waals surface area contributed by atoms with Gasteiger partial charge in [-0.05, 0) is 23.8 Å². The summed E-state index contributed by atoms with van der Waals surface area (Å²) in [5, 5.41) is 4.36. The molecule has 3 aromatic carbocycles. The molecule has 0 bridgehead atoms. The summed E-state index contributed by atoms with van der Waals surface area (Å²) in [7, 11) is 1.93. The lowest BCUT2D eigenvalue weighted by Gasteiger charge is -2.09. The van der Waals surface area contributed by atoms with Crippen LogP contribution in [0, 0.1) is 0 Å². The van der Waals surface area contributed by atoms with Crippen LogP contribution in [0.1, 0.15) is 16.7 Å². The molecule has 0 fully saturated rings. The highest BCUT2D eigenvalue weighted by atomic mass is 16.5. The molecule has 3 heterocycles. The molecule has 1 aliphatic heterocycles. The van der Waals surface area contributed by atoms with E-state index in [4.69, 9.17) is 4.74 Å². The van der Waals surface area contributed by atoms with Crippen LogP contribution in [0.4, 0.5) is 0 Å². The highest BCUT2D eigenvalue weighted by Gasteiger charge is 2.34. The van der Waals surface area contributed by atoms with Crippen molar-refractivity contribution in [3.63, 3.8) is 0 Å². The van der Waals surface area contributed by atoms with E-state index >= 15 is 0 Å². The molecule has 0 aliphatic carbocycles. The molecule has 6 rings (SSSR count). The van der Waals surface area contributed by atoms with Gasteiger partial charge in [-0.2, -0.15) is 0 Å². The van der Waals surface area contributed by atoms with Gasteiger partial charge in [0.15, 0.2) is 0 Å². The van der Waals surface area contributed by atoms with E-state index in [9.17, 15) is 9.59 Å². The first-order valence-corrected chi connectivity index (χ1v) is 11.0. The average molecular weight is 447 g/mol. The van der Waals surface area contributed by atoms with Gasteiger partial charge in [0.25, 0.3) is 11.8 Å². The Labute approximate surface area is 195 Å². The second-order valence-electron chi connectivity index (χ2n) is 8.39. The molecule has 0 spiro atoms. The number of para-hydroxylation sites is 1. The first-order valence-electron chi connectivity index (χ1n) is 11.0. The van der Waals surface area contributed by atoms with Gasteiger partial charge in [-0.1, -0.05) is 48.5 Å². The van der Waals surface area contributed by atoms with Crippen molar-refractivity contribution in [2.75, 3.05) is 0 Å². The summed E-state index contributed by atoms with van der Waals surface area (Å²) >= 11 is 0. The van der Waals surface area contributed by atoms with Crippen molar-refractivity contribution in [3.8, 4) is 5.75 Å². The molecule has 0 atom stereocenters. The maximum atomic E-state index is 13.0. The number of nitrogens with one attached hydrogen (secondary N) is 2. The molecule has 166 valence electrons. The van der Waals surface area contributed by atoms with E-state index in [0.29, 0.717) is 23.3 Å². The number of rotatable bonds is 5. The maximum absolute atomic E-state index is 13.0. The van der Waals surface area contributed by atoms with Crippen LogP contribution in [-0.2, 0) is 23.2 Å². The molecule has 0 unspecified atom stereocenters. The predicted octanol–water partition coefficient (Wildman–Crippen LogP) is 4.81. The Hall–Kier alpha value is -4.58. The van der Waals surface area contributed by atoms with Crippen LogP contribution in [0.15, 0.2) is 85.2 Å². The quantitative estimate of drug-likeness (QED) is 0.380. The summed E-state index contributed by atoms with van der Waals surface area (Å²) in [5.41, 5.74) is 5.02. The van der Waals surface area contributed by atoms with Crippen LogP contribution >= 0.6 is 0 Å². The number of carbonyl (C=O) groups is 2. The summed E-state index contributed by atoms with van der Waals surface area (Å²) in [6, 6.07) is 23.5. The van der Waals surface area contributed by atoms with Gasteiger partial charge in [-0.25, -0.2) is 0 Å². The van der Waals surface area contributed by atoms with Crippen LogP contribution < -0.4 is 10.1 Å². The van der Waals surface area contributed by atoms with Crippen molar-refractivity contribution in [1.82, 2.24) is 14.9 Å². The minimum absolute atomic E-state index is 0.378. The fraction of sp³-hybridized carbons (Fsp3) is 0.0714. The molecular weight excluding hydrogens is 426 g/mol. The molecular formula is C28H21N3O3. The van der Waals surface area contributed by atoms with Crippen LogP contribution in [0.5, 0.6) is 5.75 Å². The van der Waals surface area contributed by atoms with Gasteiger partial charge in [0.05, 0.1) is 16.7 Å². The number of aromatic nitrogens is 2. The zero-order chi connectivity index (χ0) is 23.2. The van der Waals surface area contributed by atoms with Crippen molar-refractivity contribution in [3.05, 3.63) is 102 Å². The topological polar surface area (TPSA) is 76.1 Å². The van der Waals surface area contributed by atoms with E-state index in [1.807, 2.05) is 90.6 Å². The van der Waals surface area contributed by atoms with Crippen LogP contribution in [0.3, 0.4) is 0 Å². The SMILES string of the molecule is Cn1ccc2cccc(C3=C(c4c[nH]c5cc(OCc6ccccc6)ccc45)C(=O)NC3=O)c21. The molecule has 1 aliphatic rings. The Morgan fingerprint density at radius 2 is 1.65 bits per heavy atom. The third-order valence-corrected chi connectivity index (χ3v) is 6.27. The second-order valence-corrected chi connectivity index (χ2v) is 8.39. The van der Waals surface area contributed by atoms with Gasteiger partial charge in [-0.3, -0.25) is 14.9 Å². The van der Waals surface area contributed by atoms with Crippen LogP contribution in [0.2, 0.25) is 0 Å². The molecule has 5 aromatic rings. The van der Waals surface area contributed by atoms with Crippen molar-refractivity contribution in [2.24, 2.45) is 7.05 Å². The molecule has 6 heteroatoms. The number of benzene rings is 3. The zero-order valence-electron chi connectivity index (χ0n) is 18.5. The third-order valence-electron chi connectivity index (χ3n) is 6.27. The van der Waals surface area contributed by atoms with Crippen LogP contribution in [0.25, 0.3) is 33.0 Å². The lowest BCUT2D eigenvalue weighted by Crippen LogP contribution is -2.22. The zero-order valence-corrected chi connectivity index (χ0v) is 18.5. The first-order chi connectivity index (χ1) is 16.6. The Balaban J connectivity index is 1.44. The van der Waals surface area contributed by atoms with Gasteiger partial charge in [0.1, 0.15) is 12.4 Å². The number of nitrogens with zero attached hydrogens (tertiary/aromatic N) is 1. The minimum atomic E-state index is -0.392. The first kappa shape index (κ1) is 20.1. The number of hydrogen-bond donors (Lipinski definition) is 2. The highest BCUT2D eigenvalue weighted by molar-refractivity contribution is 6.50. The average Bonchev–Trinajstić information content (AvgIpc) is 3.52. The number of H-pyrrole nitrogens is 1. The van der Waals surface area contributed by atoms with Crippen molar-refractivity contribution in [1.29, 1.82) is 0 Å². The molecule has 6 nitrogen and oxygen atoms in total. The number of amides is 2. The number of hydrogen-bond acceptors (Lipinski definition) is 3. The van der Waals surface area contributed by atoms with E-state index in [2.05, 4.69) is 10.3 Å². The minimum Gasteiger partial charge on any atom is -0.489 e. The van der Waals surface area contributed by atoms with E-state index in [-0.39, 0.29) is 5.91 Å². The van der Waals surface area contributed by atoms with Crippen molar-refractivity contribution < 1.29 is 14.3 Å². The standard InChI is InChI=1S/C28H21N3O3/c1-31-13-12-18-8-5-9-21(26(18)31)24-25(28(33)30-27(24)32)22-15-29-23-14-19(10-11-20(22)23)34-16-17-6-3-2-4-7-17/h2-15,29H,16H2,1H3,(H,30,32,33). The van der Waals surface area contributed by atoms with Gasteiger partial charge in [0, 0.05) is 52.9 Å².